The number of carbonyl (C=O) groups excluding carboxylic acids is 3. The highest BCUT2D eigenvalue weighted by atomic mass is 16.6. The van der Waals surface area contributed by atoms with Crippen LogP contribution in [0.4, 0.5) is 9.59 Å². The third kappa shape index (κ3) is 9.10. The zero-order valence-corrected chi connectivity index (χ0v) is 12.0. The Hall–Kier alpha value is -1.88. The van der Waals surface area contributed by atoms with Crippen LogP contribution in [0, 0.1) is 0 Å². The van der Waals surface area contributed by atoms with Gasteiger partial charge in [-0.15, -0.1) is 0 Å². The first-order chi connectivity index (χ1) is 9.63. The number of isocyanates is 1. The van der Waals surface area contributed by atoms with Crippen LogP contribution in [0.25, 0.3) is 0 Å². The highest BCUT2D eigenvalue weighted by molar-refractivity contribution is 5.89. The van der Waals surface area contributed by atoms with Crippen molar-refractivity contribution in [3.05, 3.63) is 0 Å². The van der Waals surface area contributed by atoms with Crippen molar-refractivity contribution in [2.45, 2.75) is 45.4 Å². The second-order valence-corrected chi connectivity index (χ2v) is 4.35. The molecule has 0 heterocycles. The normalized spacial score (nSPS) is 9.65. The van der Waals surface area contributed by atoms with Gasteiger partial charge in [0.25, 0.3) is 0 Å². The van der Waals surface area contributed by atoms with Gasteiger partial charge in [0.05, 0.1) is 13.2 Å². The van der Waals surface area contributed by atoms with Crippen LogP contribution >= 0.6 is 0 Å². The van der Waals surface area contributed by atoms with Crippen LogP contribution in [0.1, 0.15) is 45.4 Å². The maximum atomic E-state index is 11.6. The van der Waals surface area contributed by atoms with E-state index in [2.05, 4.69) is 4.99 Å². The topological polar surface area (TPSA) is 102 Å². The monoisotopic (exact) mass is 285 g/mol. The Morgan fingerprint density at radius 3 is 2.50 bits per heavy atom. The van der Waals surface area contributed by atoms with Gasteiger partial charge < -0.3 is 10.5 Å². The van der Waals surface area contributed by atoms with E-state index in [1.54, 1.807) is 0 Å². The average molecular weight is 285 g/mol. The second-order valence-electron chi connectivity index (χ2n) is 4.35. The van der Waals surface area contributed by atoms with Crippen molar-refractivity contribution in [1.82, 2.24) is 4.90 Å². The van der Waals surface area contributed by atoms with Crippen molar-refractivity contribution in [2.24, 2.45) is 10.7 Å². The van der Waals surface area contributed by atoms with Gasteiger partial charge in [0, 0.05) is 6.54 Å². The van der Waals surface area contributed by atoms with E-state index in [4.69, 9.17) is 10.5 Å². The summed E-state index contributed by atoms with van der Waals surface area (Å²) >= 11 is 0. The molecule has 0 fully saturated rings. The Morgan fingerprint density at radius 1 is 1.20 bits per heavy atom. The summed E-state index contributed by atoms with van der Waals surface area (Å²) in [7, 11) is 0. The molecule has 0 atom stereocenters. The molecule has 2 N–H and O–H groups in total. The van der Waals surface area contributed by atoms with Gasteiger partial charge in [-0.25, -0.2) is 24.3 Å². The van der Waals surface area contributed by atoms with E-state index in [0.29, 0.717) is 19.6 Å². The van der Waals surface area contributed by atoms with E-state index in [-0.39, 0.29) is 6.54 Å². The van der Waals surface area contributed by atoms with Crippen molar-refractivity contribution in [3.63, 3.8) is 0 Å². The van der Waals surface area contributed by atoms with Gasteiger partial charge >= 0.3 is 12.1 Å². The zero-order chi connectivity index (χ0) is 15.2. The fraction of sp³-hybridized carbons (Fsp3) is 0.769. The number of amides is 3. The van der Waals surface area contributed by atoms with Crippen LogP contribution in [0.3, 0.4) is 0 Å². The summed E-state index contributed by atoms with van der Waals surface area (Å²) in [6, 6.07) is -0.794. The number of rotatable bonds is 10. The largest absolute Gasteiger partial charge is 0.449 e. The van der Waals surface area contributed by atoms with Gasteiger partial charge in [0.15, 0.2) is 0 Å². The molecule has 0 aliphatic heterocycles. The average Bonchev–Trinajstić information content (AvgIpc) is 2.41. The maximum Gasteiger partial charge on any atom is 0.417 e. The molecule has 0 aliphatic rings. The number of hydrogen-bond donors (Lipinski definition) is 1. The third-order valence-electron chi connectivity index (χ3n) is 2.68. The SMILES string of the molecule is CCCCOC(=O)N(CCCCCCN=C=O)C(N)=O. The molecule has 3 amide bonds. The highest BCUT2D eigenvalue weighted by Crippen LogP contribution is 2.04. The summed E-state index contributed by atoms with van der Waals surface area (Å²) in [5.41, 5.74) is 5.15. The number of carbonyl (C=O) groups is 2. The molecule has 0 aliphatic carbocycles. The number of ether oxygens (including phenoxy) is 1. The summed E-state index contributed by atoms with van der Waals surface area (Å²) in [4.78, 5) is 37.0. The predicted molar refractivity (Wildman–Crippen MR) is 74.0 cm³/mol. The number of nitrogens with two attached hydrogens (primary N) is 1. The number of unbranched alkanes of at least 4 members (excludes halogenated alkanes) is 4. The molecule has 0 aromatic heterocycles. The minimum Gasteiger partial charge on any atom is -0.449 e. The molecule has 0 bridgehead atoms. The van der Waals surface area contributed by atoms with E-state index in [9.17, 15) is 14.4 Å². The van der Waals surface area contributed by atoms with Gasteiger partial charge in [0.2, 0.25) is 6.08 Å². The molecule has 7 nitrogen and oxygen atoms in total. The Kier molecular flexibility index (Phi) is 11.0. The van der Waals surface area contributed by atoms with Crippen molar-refractivity contribution in [1.29, 1.82) is 0 Å². The molecular weight excluding hydrogens is 262 g/mol. The molecular formula is C13H23N3O4. The van der Waals surface area contributed by atoms with Gasteiger partial charge in [-0.05, 0) is 19.3 Å². The Labute approximate surface area is 119 Å². The summed E-state index contributed by atoms with van der Waals surface area (Å²) in [5, 5.41) is 0. The fourth-order valence-electron chi connectivity index (χ4n) is 1.53. The summed E-state index contributed by atoms with van der Waals surface area (Å²) in [5.74, 6) is 0. The molecule has 7 heteroatoms. The first kappa shape index (κ1) is 18.1. The maximum absolute atomic E-state index is 11.6. The molecule has 0 saturated heterocycles. The summed E-state index contributed by atoms with van der Waals surface area (Å²) in [6.45, 7) is 2.98. The van der Waals surface area contributed by atoms with Crippen LogP contribution in [0.2, 0.25) is 0 Å². The molecule has 20 heavy (non-hydrogen) atoms. The zero-order valence-electron chi connectivity index (χ0n) is 12.0. The first-order valence-corrected chi connectivity index (χ1v) is 6.90. The molecule has 0 spiro atoms. The molecule has 114 valence electrons. The number of nitrogens with zero attached hydrogens (tertiary/aromatic N) is 2. The molecule has 0 aromatic carbocycles. The van der Waals surface area contributed by atoms with Crippen molar-refractivity contribution < 1.29 is 19.1 Å². The number of aliphatic imine (C=N–C) groups is 1. The number of hydrogen-bond acceptors (Lipinski definition) is 5. The Balaban J connectivity index is 3.87. The van der Waals surface area contributed by atoms with Crippen LogP contribution in [0.15, 0.2) is 4.99 Å². The van der Waals surface area contributed by atoms with E-state index in [1.165, 1.54) is 6.08 Å². The quantitative estimate of drug-likeness (QED) is 0.377. The second kappa shape index (κ2) is 12.2. The molecule has 0 aromatic rings. The third-order valence-corrected chi connectivity index (χ3v) is 2.68. The van der Waals surface area contributed by atoms with Gasteiger partial charge in [-0.1, -0.05) is 26.2 Å². The summed E-state index contributed by atoms with van der Waals surface area (Å²) in [6.07, 6.45) is 5.58. The summed E-state index contributed by atoms with van der Waals surface area (Å²) < 4.78 is 4.94. The van der Waals surface area contributed by atoms with Crippen molar-refractivity contribution >= 4 is 18.2 Å². The van der Waals surface area contributed by atoms with E-state index < -0.39 is 12.1 Å². The minimum atomic E-state index is -0.794. The fourth-order valence-corrected chi connectivity index (χ4v) is 1.53. The van der Waals surface area contributed by atoms with E-state index in [0.717, 1.165) is 37.0 Å². The molecule has 0 unspecified atom stereocenters. The lowest BCUT2D eigenvalue weighted by Crippen LogP contribution is -2.41. The molecule has 0 saturated carbocycles. The van der Waals surface area contributed by atoms with Gasteiger partial charge in [-0.3, -0.25) is 0 Å². The number of primary amides is 1. The van der Waals surface area contributed by atoms with E-state index in [1.807, 2.05) is 6.92 Å². The molecule has 0 radical (unpaired) electrons. The lowest BCUT2D eigenvalue weighted by Gasteiger charge is -2.17. The Bertz CT molecular complexity index is 341. The minimum absolute atomic E-state index is 0.247. The van der Waals surface area contributed by atoms with Crippen LogP contribution in [-0.2, 0) is 9.53 Å². The standard InChI is InChI=1S/C13H23N3O4/c1-2-3-10-20-13(19)16(12(14)18)9-7-5-4-6-8-15-11-17/h2-10H2,1H3,(H2,14,18). The van der Waals surface area contributed by atoms with Gasteiger partial charge in [-0.2, -0.15) is 0 Å². The Morgan fingerprint density at radius 2 is 1.90 bits per heavy atom. The predicted octanol–water partition coefficient (Wildman–Crippen LogP) is 2.20. The van der Waals surface area contributed by atoms with Crippen LogP contribution in [0.5, 0.6) is 0 Å². The number of imide groups is 1. The highest BCUT2D eigenvalue weighted by Gasteiger charge is 2.19. The van der Waals surface area contributed by atoms with Crippen LogP contribution in [-0.4, -0.2) is 42.8 Å². The van der Waals surface area contributed by atoms with E-state index >= 15 is 0 Å². The first-order valence-electron chi connectivity index (χ1n) is 6.90. The smallest absolute Gasteiger partial charge is 0.417 e. The van der Waals surface area contributed by atoms with Crippen molar-refractivity contribution in [3.8, 4) is 0 Å². The molecule has 0 rings (SSSR count). The number of urea groups is 1. The van der Waals surface area contributed by atoms with Crippen LogP contribution < -0.4 is 5.73 Å². The lowest BCUT2D eigenvalue weighted by atomic mass is 10.2. The lowest BCUT2D eigenvalue weighted by molar-refractivity contribution is 0.110. The van der Waals surface area contributed by atoms with Crippen molar-refractivity contribution in [2.75, 3.05) is 19.7 Å². The van der Waals surface area contributed by atoms with Gasteiger partial charge in [0.1, 0.15) is 0 Å².